The van der Waals surface area contributed by atoms with Gasteiger partial charge in [-0.15, -0.1) is 0 Å². The van der Waals surface area contributed by atoms with Crippen LogP contribution in [0.3, 0.4) is 0 Å². The average Bonchev–Trinajstić information content (AvgIpc) is 3.08. The van der Waals surface area contributed by atoms with Gasteiger partial charge >= 0.3 is 0 Å². The topological polar surface area (TPSA) is 86.8 Å². The second-order valence-corrected chi connectivity index (χ2v) is 14.7. The molecule has 1 saturated carbocycles. The molecule has 10 heteroatoms. The first-order valence-corrected chi connectivity index (χ1v) is 18.0. The van der Waals surface area contributed by atoms with Gasteiger partial charge in [-0.05, 0) is 72.9 Å². The molecule has 47 heavy (non-hydrogen) atoms. The highest BCUT2D eigenvalue weighted by atomic mass is 35.5. The van der Waals surface area contributed by atoms with Gasteiger partial charge in [0.25, 0.3) is 10.0 Å². The third kappa shape index (κ3) is 8.95. The number of carbonyl (C=O) groups is 2. The van der Waals surface area contributed by atoms with Crippen LogP contribution in [-0.2, 0) is 32.6 Å². The number of benzene rings is 4. The number of nitrogens with one attached hydrogen (secondary N) is 1. The minimum absolute atomic E-state index is 0.0195. The van der Waals surface area contributed by atoms with Gasteiger partial charge < -0.3 is 10.2 Å². The van der Waals surface area contributed by atoms with Crippen molar-refractivity contribution in [2.45, 2.75) is 69.0 Å². The van der Waals surface area contributed by atoms with Crippen molar-refractivity contribution in [2.75, 3.05) is 10.8 Å². The quantitative estimate of drug-likeness (QED) is 0.166. The summed E-state index contributed by atoms with van der Waals surface area (Å²) in [6.07, 6.45) is 5.22. The third-order valence-electron chi connectivity index (χ3n) is 8.54. The molecule has 0 saturated heterocycles. The summed E-state index contributed by atoms with van der Waals surface area (Å²) in [5, 5.41) is 4.10. The molecule has 0 radical (unpaired) electrons. The lowest BCUT2D eigenvalue weighted by Crippen LogP contribution is -2.55. The van der Waals surface area contributed by atoms with Crippen molar-refractivity contribution in [3.63, 3.8) is 0 Å². The van der Waals surface area contributed by atoms with Crippen LogP contribution in [0.5, 0.6) is 0 Å². The van der Waals surface area contributed by atoms with E-state index in [9.17, 15) is 18.0 Å². The van der Waals surface area contributed by atoms with E-state index < -0.39 is 28.5 Å². The van der Waals surface area contributed by atoms with Crippen LogP contribution < -0.4 is 9.62 Å². The van der Waals surface area contributed by atoms with Crippen LogP contribution in [0.25, 0.3) is 0 Å². The molecule has 0 heterocycles. The summed E-state index contributed by atoms with van der Waals surface area (Å²) in [6, 6.07) is 28.6. The molecule has 0 spiro atoms. The first-order valence-electron chi connectivity index (χ1n) is 15.8. The maximum atomic E-state index is 14.7. The molecule has 1 N–H and O–H groups in total. The summed E-state index contributed by atoms with van der Waals surface area (Å²) in [4.78, 5) is 30.4. The molecule has 1 unspecified atom stereocenters. The fourth-order valence-corrected chi connectivity index (χ4v) is 7.75. The summed E-state index contributed by atoms with van der Waals surface area (Å²) in [7, 11) is -4.22. The highest BCUT2D eigenvalue weighted by molar-refractivity contribution is 7.92. The first-order chi connectivity index (χ1) is 22.6. The SMILES string of the molecule is Cc1ccc(Cl)cc1N(CC(=O)N(Cc1ccc(Cl)cc1)C(Cc1ccccc1)C(=O)NC1CCCCC1)S(=O)(=O)c1ccccc1. The van der Waals surface area contributed by atoms with E-state index in [2.05, 4.69) is 5.32 Å². The number of aryl methyl sites for hydroxylation is 1. The Kier molecular flexibility index (Phi) is 11.6. The number of anilines is 1. The number of amides is 2. The smallest absolute Gasteiger partial charge is 0.264 e. The van der Waals surface area contributed by atoms with Crippen molar-refractivity contribution in [2.24, 2.45) is 0 Å². The maximum absolute atomic E-state index is 14.7. The number of nitrogens with zero attached hydrogens (tertiary/aromatic N) is 2. The lowest BCUT2D eigenvalue weighted by atomic mass is 9.94. The van der Waals surface area contributed by atoms with Crippen LogP contribution in [0.2, 0.25) is 10.0 Å². The third-order valence-corrected chi connectivity index (χ3v) is 10.8. The van der Waals surface area contributed by atoms with Gasteiger partial charge in [0.1, 0.15) is 12.6 Å². The minimum Gasteiger partial charge on any atom is -0.352 e. The molecule has 1 atom stereocenters. The van der Waals surface area contributed by atoms with E-state index in [4.69, 9.17) is 23.2 Å². The van der Waals surface area contributed by atoms with E-state index in [-0.39, 0.29) is 35.5 Å². The fourth-order valence-electron chi connectivity index (χ4n) is 5.97. The van der Waals surface area contributed by atoms with Crippen LogP contribution in [0.1, 0.15) is 48.8 Å². The Morgan fingerprint density at radius 1 is 0.809 bits per heavy atom. The molecule has 5 rings (SSSR count). The molecule has 0 aliphatic heterocycles. The zero-order chi connectivity index (χ0) is 33.4. The normalized spacial score (nSPS) is 14.3. The monoisotopic (exact) mass is 691 g/mol. The Bertz CT molecular complexity index is 1760. The first kappa shape index (κ1) is 34.5. The number of hydrogen-bond acceptors (Lipinski definition) is 4. The van der Waals surface area contributed by atoms with E-state index in [0.717, 1.165) is 47.5 Å². The Morgan fingerprint density at radius 2 is 1.43 bits per heavy atom. The maximum Gasteiger partial charge on any atom is 0.264 e. The molecule has 0 aromatic heterocycles. The molecule has 1 fully saturated rings. The van der Waals surface area contributed by atoms with Crippen molar-refractivity contribution in [1.29, 1.82) is 0 Å². The summed E-state index contributed by atoms with van der Waals surface area (Å²) < 4.78 is 29.5. The standard InChI is InChI=1S/C37H39Cl2N3O4S/c1-27-17-20-31(39)24-34(27)42(47(45,46)33-15-9-4-10-16-33)26-36(43)41(25-29-18-21-30(38)22-19-29)35(23-28-11-5-2-6-12-28)37(44)40-32-13-7-3-8-14-32/h2,4-6,9-12,15-22,24,32,35H,3,7-8,13-14,23,25-26H2,1H3,(H,40,44). The molecule has 1 aliphatic carbocycles. The van der Waals surface area contributed by atoms with Gasteiger partial charge in [-0.25, -0.2) is 8.42 Å². The highest BCUT2D eigenvalue weighted by Crippen LogP contribution is 2.30. The van der Waals surface area contributed by atoms with E-state index in [1.54, 1.807) is 67.6 Å². The molecule has 2 amide bonds. The van der Waals surface area contributed by atoms with Crippen LogP contribution in [-0.4, -0.2) is 43.8 Å². The molecule has 246 valence electrons. The van der Waals surface area contributed by atoms with E-state index in [1.807, 2.05) is 30.3 Å². The van der Waals surface area contributed by atoms with E-state index in [0.29, 0.717) is 15.6 Å². The van der Waals surface area contributed by atoms with Crippen molar-refractivity contribution >= 4 is 50.7 Å². The van der Waals surface area contributed by atoms with Gasteiger partial charge in [-0.2, -0.15) is 0 Å². The molecular weight excluding hydrogens is 653 g/mol. The van der Waals surface area contributed by atoms with Crippen molar-refractivity contribution in [1.82, 2.24) is 10.2 Å². The van der Waals surface area contributed by atoms with Gasteiger partial charge in [-0.1, -0.05) is 109 Å². The van der Waals surface area contributed by atoms with Gasteiger partial charge in [0.15, 0.2) is 0 Å². The van der Waals surface area contributed by atoms with Crippen LogP contribution in [0.15, 0.2) is 108 Å². The number of hydrogen-bond donors (Lipinski definition) is 1. The Balaban J connectivity index is 1.58. The zero-order valence-corrected chi connectivity index (χ0v) is 28.6. The highest BCUT2D eigenvalue weighted by Gasteiger charge is 2.36. The largest absolute Gasteiger partial charge is 0.352 e. The second kappa shape index (κ2) is 15.8. The number of carbonyl (C=O) groups excluding carboxylic acids is 2. The Hall–Kier alpha value is -3.85. The fraction of sp³-hybridized carbons (Fsp3) is 0.297. The lowest BCUT2D eigenvalue weighted by molar-refractivity contribution is -0.140. The minimum atomic E-state index is -4.22. The predicted molar refractivity (Wildman–Crippen MR) is 188 cm³/mol. The lowest BCUT2D eigenvalue weighted by Gasteiger charge is -2.35. The average molecular weight is 693 g/mol. The van der Waals surface area contributed by atoms with Crippen molar-refractivity contribution in [3.8, 4) is 0 Å². The Labute approximate surface area is 287 Å². The van der Waals surface area contributed by atoms with Gasteiger partial charge in [0, 0.05) is 29.1 Å². The van der Waals surface area contributed by atoms with Crippen LogP contribution in [0, 0.1) is 6.92 Å². The Morgan fingerprint density at radius 3 is 2.09 bits per heavy atom. The van der Waals surface area contributed by atoms with Crippen LogP contribution >= 0.6 is 23.2 Å². The summed E-state index contributed by atoms with van der Waals surface area (Å²) in [6.45, 7) is 1.29. The summed E-state index contributed by atoms with van der Waals surface area (Å²) in [5.74, 6) is -0.793. The number of sulfonamides is 1. The zero-order valence-electron chi connectivity index (χ0n) is 26.3. The van der Waals surface area contributed by atoms with Crippen molar-refractivity contribution < 1.29 is 18.0 Å². The van der Waals surface area contributed by atoms with E-state index in [1.165, 1.54) is 17.0 Å². The molecular formula is C37H39Cl2N3O4S. The molecule has 1 aliphatic rings. The van der Waals surface area contributed by atoms with Crippen molar-refractivity contribution in [3.05, 3.63) is 130 Å². The van der Waals surface area contributed by atoms with Gasteiger partial charge in [-0.3, -0.25) is 13.9 Å². The van der Waals surface area contributed by atoms with Gasteiger partial charge in [0.2, 0.25) is 11.8 Å². The number of halogens is 2. The molecule has 4 aromatic carbocycles. The van der Waals surface area contributed by atoms with E-state index >= 15 is 0 Å². The molecule has 7 nitrogen and oxygen atoms in total. The number of rotatable bonds is 12. The second-order valence-electron chi connectivity index (χ2n) is 12.0. The predicted octanol–water partition coefficient (Wildman–Crippen LogP) is 7.59. The molecule has 0 bridgehead atoms. The summed E-state index contributed by atoms with van der Waals surface area (Å²) >= 11 is 12.6. The van der Waals surface area contributed by atoms with Crippen LogP contribution in [0.4, 0.5) is 5.69 Å². The van der Waals surface area contributed by atoms with Gasteiger partial charge in [0.05, 0.1) is 10.6 Å². The molecule has 4 aromatic rings. The summed E-state index contributed by atoms with van der Waals surface area (Å²) in [5.41, 5.74) is 2.54.